The van der Waals surface area contributed by atoms with E-state index in [-0.39, 0.29) is 29.3 Å². The maximum atomic E-state index is 13.5. The number of hydrogen-bond donors (Lipinski definition) is 2. The second kappa shape index (κ2) is 9.67. The number of anilines is 1. The highest BCUT2D eigenvalue weighted by atomic mass is 16.3. The highest BCUT2D eigenvalue weighted by Gasteiger charge is 2.53. The molecular formula is C30H32N4O2. The number of likely N-dealkylation sites (tertiary alicyclic amines) is 1. The predicted octanol–water partition coefficient (Wildman–Crippen LogP) is 4.93. The third kappa shape index (κ3) is 4.43. The van der Waals surface area contributed by atoms with Gasteiger partial charge in [0.2, 0.25) is 0 Å². The molecule has 1 saturated heterocycles. The molecule has 1 heterocycles. The standard InChI is InChI=1S/C30H32N4O2/c1-30-15-17-34(16-14-21-6-4-3-5-7-21)27(18-23-10-13-25(35)19-26(23)30)28(30)33(2)29(36)32-24-11-8-22(20-31)9-12-24/h3-13,19,27-28,35H,14-18H2,1-2H3,(H,32,36)/t27?,28-,30+/m0/s1. The number of aromatic hydroxyl groups is 1. The fraction of sp³-hybridized carbons (Fsp3) is 0.333. The molecule has 1 fully saturated rings. The first-order valence-corrected chi connectivity index (χ1v) is 12.5. The molecule has 1 aliphatic heterocycles. The molecule has 5 rings (SSSR count). The molecule has 0 spiro atoms. The number of piperidine rings is 1. The molecule has 2 amide bonds. The summed E-state index contributed by atoms with van der Waals surface area (Å²) in [6.45, 7) is 4.12. The number of nitrogens with zero attached hydrogens (tertiary/aromatic N) is 3. The van der Waals surface area contributed by atoms with Crippen molar-refractivity contribution >= 4 is 11.7 Å². The Bertz CT molecular complexity index is 1280. The normalized spacial score (nSPS) is 22.8. The van der Waals surface area contributed by atoms with E-state index in [0.29, 0.717) is 11.3 Å². The number of fused-ring (bicyclic) bond motifs is 4. The Morgan fingerprint density at radius 2 is 1.92 bits per heavy atom. The van der Waals surface area contributed by atoms with Gasteiger partial charge in [-0.3, -0.25) is 4.90 Å². The van der Waals surface area contributed by atoms with Crippen LogP contribution in [0.3, 0.4) is 0 Å². The summed E-state index contributed by atoms with van der Waals surface area (Å²) in [5.41, 5.74) is 4.65. The minimum atomic E-state index is -0.281. The molecule has 2 bridgehead atoms. The Morgan fingerprint density at radius 3 is 2.64 bits per heavy atom. The lowest BCUT2D eigenvalue weighted by molar-refractivity contribution is 0.00749. The Kier molecular flexibility index (Phi) is 6.42. The van der Waals surface area contributed by atoms with Gasteiger partial charge in [-0.25, -0.2) is 4.79 Å². The van der Waals surface area contributed by atoms with Crippen LogP contribution in [0.2, 0.25) is 0 Å². The monoisotopic (exact) mass is 480 g/mol. The molecule has 3 atom stereocenters. The smallest absolute Gasteiger partial charge is 0.321 e. The number of phenolic OH excluding ortho intramolecular Hbond substituents is 1. The van der Waals surface area contributed by atoms with Gasteiger partial charge in [0.15, 0.2) is 0 Å². The molecule has 0 radical (unpaired) electrons. The number of carbonyl (C=O) groups excluding carboxylic acids is 1. The largest absolute Gasteiger partial charge is 0.508 e. The molecule has 3 aromatic carbocycles. The van der Waals surface area contributed by atoms with Crippen molar-refractivity contribution in [3.8, 4) is 11.8 Å². The van der Waals surface area contributed by atoms with Crippen molar-refractivity contribution in [1.82, 2.24) is 9.80 Å². The first kappa shape index (κ1) is 23.9. The lowest BCUT2D eigenvalue weighted by Crippen LogP contribution is -2.68. The topological polar surface area (TPSA) is 79.6 Å². The zero-order chi connectivity index (χ0) is 25.3. The third-order valence-corrected chi connectivity index (χ3v) is 8.08. The van der Waals surface area contributed by atoms with Crippen molar-refractivity contribution in [3.05, 3.63) is 95.1 Å². The Hall–Kier alpha value is -3.82. The third-order valence-electron chi connectivity index (χ3n) is 8.08. The van der Waals surface area contributed by atoms with Crippen molar-refractivity contribution in [2.75, 3.05) is 25.5 Å². The van der Waals surface area contributed by atoms with E-state index in [1.54, 1.807) is 30.3 Å². The van der Waals surface area contributed by atoms with E-state index in [9.17, 15) is 9.90 Å². The van der Waals surface area contributed by atoms with E-state index in [1.165, 1.54) is 11.1 Å². The van der Waals surface area contributed by atoms with Crippen LogP contribution in [0.25, 0.3) is 0 Å². The fourth-order valence-electron chi connectivity index (χ4n) is 6.19. The van der Waals surface area contributed by atoms with Crippen LogP contribution in [0, 0.1) is 11.3 Å². The van der Waals surface area contributed by atoms with Crippen molar-refractivity contribution < 1.29 is 9.90 Å². The van der Waals surface area contributed by atoms with Crippen molar-refractivity contribution in [2.24, 2.45) is 0 Å². The van der Waals surface area contributed by atoms with Gasteiger partial charge >= 0.3 is 6.03 Å². The lowest BCUT2D eigenvalue weighted by atomic mass is 9.61. The first-order valence-electron chi connectivity index (χ1n) is 12.5. The number of carbonyl (C=O) groups is 1. The Labute approximate surface area is 212 Å². The van der Waals surface area contributed by atoms with Gasteiger partial charge in [0, 0.05) is 30.7 Å². The molecule has 2 N–H and O–H groups in total. The van der Waals surface area contributed by atoms with Gasteiger partial charge in [0.05, 0.1) is 17.7 Å². The maximum Gasteiger partial charge on any atom is 0.321 e. The summed E-state index contributed by atoms with van der Waals surface area (Å²) in [5, 5.41) is 22.4. The van der Waals surface area contributed by atoms with Gasteiger partial charge in [-0.05, 0) is 78.9 Å². The SMILES string of the molecule is CN(C(=O)Nc1ccc(C#N)cc1)[C@H]1C2Cc3ccc(O)cc3[C@@]1(C)CCN2CCc1ccccc1. The van der Waals surface area contributed by atoms with Gasteiger partial charge in [-0.2, -0.15) is 5.26 Å². The van der Waals surface area contributed by atoms with Crippen LogP contribution in [0.5, 0.6) is 5.75 Å². The molecule has 0 saturated carbocycles. The Morgan fingerprint density at radius 1 is 1.17 bits per heavy atom. The summed E-state index contributed by atoms with van der Waals surface area (Å²) in [6.07, 6.45) is 2.69. The van der Waals surface area contributed by atoms with Crippen LogP contribution < -0.4 is 5.32 Å². The van der Waals surface area contributed by atoms with Crippen LogP contribution in [-0.2, 0) is 18.3 Å². The predicted molar refractivity (Wildman–Crippen MR) is 141 cm³/mol. The summed E-state index contributed by atoms with van der Waals surface area (Å²) in [7, 11) is 1.88. The Balaban J connectivity index is 1.44. The first-order chi connectivity index (χ1) is 17.4. The van der Waals surface area contributed by atoms with Crippen LogP contribution in [0.15, 0.2) is 72.8 Å². The second-order valence-corrected chi connectivity index (χ2v) is 10.2. The highest BCUT2D eigenvalue weighted by Crippen LogP contribution is 2.47. The number of urea groups is 1. The van der Waals surface area contributed by atoms with Crippen LogP contribution in [0.1, 0.15) is 35.6 Å². The summed E-state index contributed by atoms with van der Waals surface area (Å²) in [5.74, 6) is 0.267. The van der Waals surface area contributed by atoms with Crippen LogP contribution in [-0.4, -0.2) is 53.2 Å². The minimum Gasteiger partial charge on any atom is -0.508 e. The number of likely N-dealkylation sites (N-methyl/N-ethyl adjacent to an activating group) is 1. The van der Waals surface area contributed by atoms with Gasteiger partial charge in [0.25, 0.3) is 0 Å². The fourth-order valence-corrected chi connectivity index (χ4v) is 6.19. The van der Waals surface area contributed by atoms with Crippen LogP contribution in [0.4, 0.5) is 10.5 Å². The van der Waals surface area contributed by atoms with Gasteiger partial charge in [0.1, 0.15) is 5.75 Å². The zero-order valence-electron chi connectivity index (χ0n) is 20.8. The molecule has 3 aromatic rings. The quantitative estimate of drug-likeness (QED) is 0.543. The molecule has 6 heteroatoms. The van der Waals surface area contributed by atoms with Crippen molar-refractivity contribution in [3.63, 3.8) is 0 Å². The number of nitriles is 1. The van der Waals surface area contributed by atoms with Crippen LogP contribution >= 0.6 is 0 Å². The van der Waals surface area contributed by atoms with Crippen molar-refractivity contribution in [1.29, 1.82) is 5.26 Å². The number of phenols is 1. The van der Waals surface area contributed by atoms with E-state index in [1.807, 2.05) is 30.1 Å². The summed E-state index contributed by atoms with van der Waals surface area (Å²) >= 11 is 0. The molecule has 1 aliphatic carbocycles. The second-order valence-electron chi connectivity index (χ2n) is 10.2. The average molecular weight is 481 g/mol. The molecule has 184 valence electrons. The van der Waals surface area contributed by atoms with Gasteiger partial charge in [-0.1, -0.05) is 43.3 Å². The maximum absolute atomic E-state index is 13.5. The summed E-state index contributed by atoms with van der Waals surface area (Å²) in [6, 6.07) is 25.2. The van der Waals surface area contributed by atoms with Gasteiger partial charge in [-0.15, -0.1) is 0 Å². The molecule has 6 nitrogen and oxygen atoms in total. The van der Waals surface area contributed by atoms with E-state index in [4.69, 9.17) is 5.26 Å². The van der Waals surface area contributed by atoms with E-state index >= 15 is 0 Å². The minimum absolute atomic E-state index is 0.0605. The summed E-state index contributed by atoms with van der Waals surface area (Å²) < 4.78 is 0. The lowest BCUT2D eigenvalue weighted by Gasteiger charge is -2.58. The number of rotatable bonds is 5. The number of benzene rings is 3. The molecule has 36 heavy (non-hydrogen) atoms. The number of hydrogen-bond acceptors (Lipinski definition) is 4. The molecule has 2 aliphatic rings. The summed E-state index contributed by atoms with van der Waals surface area (Å²) in [4.78, 5) is 17.9. The van der Waals surface area contributed by atoms with Crippen molar-refractivity contribution in [2.45, 2.75) is 43.7 Å². The van der Waals surface area contributed by atoms with E-state index < -0.39 is 0 Å². The molecule has 1 unspecified atom stereocenters. The number of nitrogens with one attached hydrogen (secondary N) is 1. The van der Waals surface area contributed by atoms with Gasteiger partial charge < -0.3 is 15.3 Å². The highest BCUT2D eigenvalue weighted by molar-refractivity contribution is 5.89. The van der Waals surface area contributed by atoms with E-state index in [0.717, 1.165) is 37.9 Å². The average Bonchev–Trinajstić information content (AvgIpc) is 2.89. The van der Waals surface area contributed by atoms with E-state index in [2.05, 4.69) is 47.5 Å². The zero-order valence-corrected chi connectivity index (χ0v) is 20.8. The molecular weight excluding hydrogens is 448 g/mol. The molecule has 0 aromatic heterocycles. The number of amides is 2.